The van der Waals surface area contributed by atoms with E-state index in [4.69, 9.17) is 5.73 Å². The first-order chi connectivity index (χ1) is 8.58. The Morgan fingerprint density at radius 3 is 2.39 bits per heavy atom. The number of amides is 1. The number of rotatable bonds is 2. The molecule has 1 amide bonds. The van der Waals surface area contributed by atoms with Crippen LogP contribution in [0.15, 0.2) is 51.4 Å². The Balaban J connectivity index is 2.28. The molecule has 0 aliphatic carbocycles. The van der Waals surface area contributed by atoms with Crippen LogP contribution in [-0.2, 0) is 0 Å². The monoisotopic (exact) mass is 368 g/mol. The summed E-state index contributed by atoms with van der Waals surface area (Å²) in [6.45, 7) is 0. The van der Waals surface area contributed by atoms with E-state index in [0.717, 1.165) is 8.95 Å². The van der Waals surface area contributed by atoms with Crippen molar-refractivity contribution in [1.29, 1.82) is 0 Å². The van der Waals surface area contributed by atoms with Gasteiger partial charge in [-0.05, 0) is 40.2 Å². The molecular weight excluding hydrogens is 360 g/mol. The van der Waals surface area contributed by atoms with E-state index in [1.807, 2.05) is 24.3 Å². The van der Waals surface area contributed by atoms with Crippen molar-refractivity contribution in [2.75, 3.05) is 11.1 Å². The zero-order valence-corrected chi connectivity index (χ0v) is 12.5. The number of nitrogens with two attached hydrogens (primary N) is 1. The highest BCUT2D eigenvalue weighted by molar-refractivity contribution is 9.11. The Morgan fingerprint density at radius 2 is 1.78 bits per heavy atom. The summed E-state index contributed by atoms with van der Waals surface area (Å²) in [4.78, 5) is 12.0. The van der Waals surface area contributed by atoms with Gasteiger partial charge in [0.25, 0.3) is 5.91 Å². The number of carbonyl (C=O) groups is 1. The van der Waals surface area contributed by atoms with Crippen molar-refractivity contribution in [2.45, 2.75) is 0 Å². The average molecular weight is 370 g/mol. The van der Waals surface area contributed by atoms with Crippen molar-refractivity contribution in [1.82, 2.24) is 0 Å². The van der Waals surface area contributed by atoms with Gasteiger partial charge in [0.15, 0.2) is 0 Å². The first-order valence-electron chi connectivity index (χ1n) is 5.19. The molecule has 0 radical (unpaired) electrons. The van der Waals surface area contributed by atoms with Crippen LogP contribution in [0.3, 0.4) is 0 Å². The van der Waals surface area contributed by atoms with Crippen molar-refractivity contribution in [2.24, 2.45) is 0 Å². The molecule has 0 bridgehead atoms. The Kier molecular flexibility index (Phi) is 4.04. The van der Waals surface area contributed by atoms with Crippen molar-refractivity contribution in [3.63, 3.8) is 0 Å². The number of hydrogen-bond donors (Lipinski definition) is 2. The molecule has 3 N–H and O–H groups in total. The molecular formula is C13H10Br2N2O. The van der Waals surface area contributed by atoms with Crippen LogP contribution in [0.2, 0.25) is 0 Å². The maximum Gasteiger partial charge on any atom is 0.255 e. The second-order valence-corrected chi connectivity index (χ2v) is 5.44. The second kappa shape index (κ2) is 5.54. The van der Waals surface area contributed by atoms with Crippen LogP contribution in [-0.4, -0.2) is 5.91 Å². The Labute approximate surface area is 122 Å². The van der Waals surface area contributed by atoms with Gasteiger partial charge in [0, 0.05) is 14.5 Å². The molecule has 0 aromatic heterocycles. The minimum absolute atomic E-state index is 0.190. The quantitative estimate of drug-likeness (QED) is 0.784. The topological polar surface area (TPSA) is 55.1 Å². The molecule has 0 spiro atoms. The van der Waals surface area contributed by atoms with E-state index < -0.39 is 0 Å². The predicted octanol–water partition coefficient (Wildman–Crippen LogP) is 4.05. The van der Waals surface area contributed by atoms with Gasteiger partial charge in [-0.25, -0.2) is 0 Å². The number of anilines is 2. The minimum Gasteiger partial charge on any atom is -0.397 e. The normalized spacial score (nSPS) is 10.1. The largest absolute Gasteiger partial charge is 0.397 e. The fourth-order valence-corrected chi connectivity index (χ4v) is 2.86. The van der Waals surface area contributed by atoms with Crippen molar-refractivity contribution >= 4 is 49.1 Å². The maximum atomic E-state index is 12.0. The molecule has 18 heavy (non-hydrogen) atoms. The van der Waals surface area contributed by atoms with Crippen LogP contribution in [0.25, 0.3) is 0 Å². The minimum atomic E-state index is -0.190. The lowest BCUT2D eigenvalue weighted by Gasteiger charge is -2.11. The summed E-state index contributed by atoms with van der Waals surface area (Å²) in [7, 11) is 0. The molecule has 2 rings (SSSR count). The molecule has 5 heteroatoms. The number of nitrogen functional groups attached to an aromatic ring is 1. The van der Waals surface area contributed by atoms with Gasteiger partial charge >= 0.3 is 0 Å². The average Bonchev–Trinajstić information content (AvgIpc) is 2.34. The number of halogens is 2. The van der Waals surface area contributed by atoms with Gasteiger partial charge in [0.05, 0.1) is 11.4 Å². The molecule has 3 nitrogen and oxygen atoms in total. The highest BCUT2D eigenvalue weighted by atomic mass is 79.9. The van der Waals surface area contributed by atoms with Crippen LogP contribution in [0.4, 0.5) is 11.4 Å². The summed E-state index contributed by atoms with van der Waals surface area (Å²) < 4.78 is 1.59. The third kappa shape index (κ3) is 2.91. The molecule has 0 aliphatic rings. The van der Waals surface area contributed by atoms with E-state index in [2.05, 4.69) is 37.2 Å². The van der Waals surface area contributed by atoms with Crippen LogP contribution >= 0.6 is 31.9 Å². The zero-order chi connectivity index (χ0) is 13.1. The highest BCUT2D eigenvalue weighted by Crippen LogP contribution is 2.32. The van der Waals surface area contributed by atoms with E-state index in [0.29, 0.717) is 16.9 Å². The van der Waals surface area contributed by atoms with Gasteiger partial charge in [0.1, 0.15) is 0 Å². The fraction of sp³-hybridized carbons (Fsp3) is 0. The summed E-state index contributed by atoms with van der Waals surface area (Å²) >= 11 is 6.71. The van der Waals surface area contributed by atoms with Gasteiger partial charge in [-0.3, -0.25) is 4.79 Å². The van der Waals surface area contributed by atoms with Crippen LogP contribution in [0.5, 0.6) is 0 Å². The third-order valence-electron chi connectivity index (χ3n) is 2.36. The van der Waals surface area contributed by atoms with Crippen LogP contribution in [0.1, 0.15) is 10.4 Å². The second-order valence-electron chi connectivity index (χ2n) is 3.67. The molecule has 0 atom stereocenters. The number of benzene rings is 2. The van der Waals surface area contributed by atoms with Crippen molar-refractivity contribution in [3.05, 3.63) is 57.0 Å². The summed E-state index contributed by atoms with van der Waals surface area (Å²) in [5, 5.41) is 2.79. The first kappa shape index (κ1) is 13.1. The standard InChI is InChI=1S/C13H10Br2N2O/c14-9-6-10(15)12(11(16)7-9)17-13(18)8-4-2-1-3-5-8/h1-7H,16H2,(H,17,18). The summed E-state index contributed by atoms with van der Waals surface area (Å²) in [6, 6.07) is 12.6. The molecule has 0 unspecified atom stereocenters. The van der Waals surface area contributed by atoms with Crippen molar-refractivity contribution in [3.8, 4) is 0 Å². The molecule has 0 heterocycles. The molecule has 0 saturated heterocycles. The van der Waals surface area contributed by atoms with Gasteiger partial charge in [-0.1, -0.05) is 34.1 Å². The lowest BCUT2D eigenvalue weighted by atomic mass is 10.2. The van der Waals surface area contributed by atoms with E-state index in [1.54, 1.807) is 18.2 Å². The molecule has 2 aromatic rings. The van der Waals surface area contributed by atoms with Gasteiger partial charge in [0.2, 0.25) is 0 Å². The van der Waals surface area contributed by atoms with Crippen LogP contribution in [0, 0.1) is 0 Å². The van der Waals surface area contributed by atoms with Crippen LogP contribution < -0.4 is 11.1 Å². The Bertz CT molecular complexity index is 562. The highest BCUT2D eigenvalue weighted by Gasteiger charge is 2.11. The Morgan fingerprint density at radius 1 is 1.11 bits per heavy atom. The lowest BCUT2D eigenvalue weighted by Crippen LogP contribution is -2.13. The molecule has 92 valence electrons. The van der Waals surface area contributed by atoms with E-state index in [-0.39, 0.29) is 5.91 Å². The van der Waals surface area contributed by atoms with E-state index >= 15 is 0 Å². The predicted molar refractivity (Wildman–Crippen MR) is 80.6 cm³/mol. The molecule has 0 aliphatic heterocycles. The van der Waals surface area contributed by atoms with Gasteiger partial charge < -0.3 is 11.1 Å². The maximum absolute atomic E-state index is 12.0. The number of carbonyl (C=O) groups excluding carboxylic acids is 1. The zero-order valence-electron chi connectivity index (χ0n) is 9.28. The first-order valence-corrected chi connectivity index (χ1v) is 6.77. The SMILES string of the molecule is Nc1cc(Br)cc(Br)c1NC(=O)c1ccccc1. The molecule has 0 fully saturated rings. The smallest absolute Gasteiger partial charge is 0.255 e. The summed E-state index contributed by atoms with van der Waals surface area (Å²) in [5.41, 5.74) is 7.54. The lowest BCUT2D eigenvalue weighted by molar-refractivity contribution is 0.102. The number of nitrogens with one attached hydrogen (secondary N) is 1. The summed E-state index contributed by atoms with van der Waals surface area (Å²) in [6.07, 6.45) is 0. The van der Waals surface area contributed by atoms with Crippen molar-refractivity contribution < 1.29 is 4.79 Å². The number of hydrogen-bond acceptors (Lipinski definition) is 2. The summed E-state index contributed by atoms with van der Waals surface area (Å²) in [5.74, 6) is -0.190. The van der Waals surface area contributed by atoms with E-state index in [9.17, 15) is 4.79 Å². The van der Waals surface area contributed by atoms with Gasteiger partial charge in [-0.2, -0.15) is 0 Å². The Hall–Kier alpha value is -1.33. The molecule has 0 saturated carbocycles. The third-order valence-corrected chi connectivity index (χ3v) is 3.44. The molecule has 2 aromatic carbocycles. The van der Waals surface area contributed by atoms with E-state index in [1.165, 1.54) is 0 Å². The fourth-order valence-electron chi connectivity index (χ4n) is 1.50. The van der Waals surface area contributed by atoms with Gasteiger partial charge in [-0.15, -0.1) is 0 Å².